The van der Waals surface area contributed by atoms with E-state index in [2.05, 4.69) is 31.0 Å². The van der Waals surface area contributed by atoms with Gasteiger partial charge >= 0.3 is 0 Å². The predicted octanol–water partition coefficient (Wildman–Crippen LogP) is 2.64. The van der Waals surface area contributed by atoms with Gasteiger partial charge in [-0.15, -0.1) is 0 Å². The molecule has 0 aromatic heterocycles. The van der Waals surface area contributed by atoms with Gasteiger partial charge in [0.25, 0.3) is 0 Å². The summed E-state index contributed by atoms with van der Waals surface area (Å²) < 4.78 is 0. The average Bonchev–Trinajstić information content (AvgIpc) is 3.02. The minimum atomic E-state index is 0.425. The van der Waals surface area contributed by atoms with Crippen LogP contribution in [0.1, 0.15) is 52.9 Å². The fraction of sp³-hybridized carbons (Fsp3) is 1.00. The summed E-state index contributed by atoms with van der Waals surface area (Å²) in [5, 5.41) is 3.67. The molecule has 2 rings (SSSR count). The predicted molar refractivity (Wildman–Crippen MR) is 69.7 cm³/mol. The molecule has 0 aromatic carbocycles. The van der Waals surface area contributed by atoms with Crippen LogP contribution in [-0.2, 0) is 0 Å². The standard InChI is InChI=1S/C14H28N2/c1-12-6-4-5-9-16(12)11-14(2,3)10-15-13-7-8-13/h12-13,15H,4-11H2,1-3H3. The Labute approximate surface area is 101 Å². The first-order valence-corrected chi connectivity index (χ1v) is 7.04. The van der Waals surface area contributed by atoms with Crippen molar-refractivity contribution in [2.45, 2.75) is 65.0 Å². The third-order valence-electron chi connectivity index (χ3n) is 4.02. The van der Waals surface area contributed by atoms with Crippen LogP contribution >= 0.6 is 0 Å². The lowest BCUT2D eigenvalue weighted by atomic mass is 9.90. The van der Waals surface area contributed by atoms with Crippen LogP contribution in [0.15, 0.2) is 0 Å². The van der Waals surface area contributed by atoms with Crippen LogP contribution in [0.4, 0.5) is 0 Å². The SMILES string of the molecule is CC1CCCCN1CC(C)(C)CNC1CC1. The van der Waals surface area contributed by atoms with Crippen LogP contribution in [0.2, 0.25) is 0 Å². The topological polar surface area (TPSA) is 15.3 Å². The molecule has 1 N–H and O–H groups in total. The summed E-state index contributed by atoms with van der Waals surface area (Å²) in [6, 6.07) is 1.65. The molecule has 1 aliphatic heterocycles. The molecule has 2 heteroatoms. The number of hydrogen-bond acceptors (Lipinski definition) is 2. The van der Waals surface area contributed by atoms with Crippen molar-refractivity contribution in [3.63, 3.8) is 0 Å². The minimum absolute atomic E-state index is 0.425. The Morgan fingerprint density at radius 3 is 2.56 bits per heavy atom. The summed E-state index contributed by atoms with van der Waals surface area (Å²) in [6.45, 7) is 11.0. The molecule has 2 nitrogen and oxygen atoms in total. The van der Waals surface area contributed by atoms with E-state index >= 15 is 0 Å². The largest absolute Gasteiger partial charge is 0.313 e. The van der Waals surface area contributed by atoms with E-state index in [0.717, 1.165) is 12.1 Å². The van der Waals surface area contributed by atoms with Crippen molar-refractivity contribution in [1.29, 1.82) is 0 Å². The Balaban J connectivity index is 1.75. The zero-order valence-corrected chi connectivity index (χ0v) is 11.3. The van der Waals surface area contributed by atoms with E-state index in [0.29, 0.717) is 5.41 Å². The van der Waals surface area contributed by atoms with Gasteiger partial charge in [0.05, 0.1) is 0 Å². The van der Waals surface area contributed by atoms with Crippen LogP contribution in [0.25, 0.3) is 0 Å². The van der Waals surface area contributed by atoms with Crippen molar-refractivity contribution in [2.75, 3.05) is 19.6 Å². The second-order valence-electron chi connectivity index (χ2n) is 6.63. The van der Waals surface area contributed by atoms with Gasteiger partial charge in [-0.2, -0.15) is 0 Å². The van der Waals surface area contributed by atoms with Gasteiger partial charge in [0, 0.05) is 25.2 Å². The van der Waals surface area contributed by atoms with Gasteiger partial charge in [-0.1, -0.05) is 20.3 Å². The first-order valence-electron chi connectivity index (χ1n) is 7.04. The smallest absolute Gasteiger partial charge is 0.00684 e. The van der Waals surface area contributed by atoms with Crippen LogP contribution in [0.3, 0.4) is 0 Å². The fourth-order valence-corrected chi connectivity index (χ4v) is 2.71. The molecule has 1 atom stereocenters. The first-order chi connectivity index (χ1) is 7.57. The maximum atomic E-state index is 3.67. The molecule has 16 heavy (non-hydrogen) atoms. The van der Waals surface area contributed by atoms with E-state index < -0.39 is 0 Å². The molecule has 0 amide bonds. The molecule has 0 aromatic rings. The number of nitrogens with one attached hydrogen (secondary N) is 1. The highest BCUT2D eigenvalue weighted by Gasteiger charge is 2.29. The lowest BCUT2D eigenvalue weighted by Crippen LogP contribution is -2.46. The molecule has 1 aliphatic carbocycles. The molecule has 0 radical (unpaired) electrons. The number of likely N-dealkylation sites (tertiary alicyclic amines) is 1. The maximum Gasteiger partial charge on any atom is 0.00684 e. The van der Waals surface area contributed by atoms with Crippen molar-refractivity contribution in [1.82, 2.24) is 10.2 Å². The summed E-state index contributed by atoms with van der Waals surface area (Å²) in [7, 11) is 0. The lowest BCUT2D eigenvalue weighted by molar-refractivity contribution is 0.104. The quantitative estimate of drug-likeness (QED) is 0.772. The lowest BCUT2D eigenvalue weighted by Gasteiger charge is -2.39. The highest BCUT2D eigenvalue weighted by atomic mass is 15.2. The van der Waals surface area contributed by atoms with Crippen molar-refractivity contribution >= 4 is 0 Å². The van der Waals surface area contributed by atoms with Gasteiger partial charge in [-0.05, 0) is 44.6 Å². The number of nitrogens with zero attached hydrogens (tertiary/aromatic N) is 1. The molecular formula is C14H28N2. The second kappa shape index (κ2) is 5.05. The maximum absolute atomic E-state index is 3.67. The minimum Gasteiger partial charge on any atom is -0.313 e. The van der Waals surface area contributed by atoms with Crippen molar-refractivity contribution < 1.29 is 0 Å². The first kappa shape index (κ1) is 12.4. The molecule has 0 bridgehead atoms. The van der Waals surface area contributed by atoms with Gasteiger partial charge in [0.15, 0.2) is 0 Å². The molecule has 1 saturated heterocycles. The van der Waals surface area contributed by atoms with Gasteiger partial charge in [-0.3, -0.25) is 0 Å². The van der Waals surface area contributed by atoms with Crippen molar-refractivity contribution in [2.24, 2.45) is 5.41 Å². The van der Waals surface area contributed by atoms with Gasteiger partial charge in [0.2, 0.25) is 0 Å². The number of hydrogen-bond donors (Lipinski definition) is 1. The molecule has 1 saturated carbocycles. The van der Waals surface area contributed by atoms with Crippen LogP contribution in [0.5, 0.6) is 0 Å². The molecular weight excluding hydrogens is 196 g/mol. The van der Waals surface area contributed by atoms with Gasteiger partial charge in [0.1, 0.15) is 0 Å². The van der Waals surface area contributed by atoms with E-state index in [9.17, 15) is 0 Å². The van der Waals surface area contributed by atoms with E-state index in [1.165, 1.54) is 51.7 Å². The zero-order chi connectivity index (χ0) is 11.6. The third kappa shape index (κ3) is 3.74. The van der Waals surface area contributed by atoms with Gasteiger partial charge in [-0.25, -0.2) is 0 Å². The average molecular weight is 224 g/mol. The van der Waals surface area contributed by atoms with Crippen LogP contribution in [0, 0.1) is 5.41 Å². The highest BCUT2D eigenvalue weighted by Crippen LogP contribution is 2.25. The summed E-state index contributed by atoms with van der Waals surface area (Å²) in [5.41, 5.74) is 0.425. The summed E-state index contributed by atoms with van der Waals surface area (Å²) in [4.78, 5) is 2.69. The third-order valence-corrected chi connectivity index (χ3v) is 4.02. The van der Waals surface area contributed by atoms with E-state index in [-0.39, 0.29) is 0 Å². The van der Waals surface area contributed by atoms with E-state index in [1.54, 1.807) is 0 Å². The number of piperidine rings is 1. The fourth-order valence-electron chi connectivity index (χ4n) is 2.71. The Bertz CT molecular complexity index is 221. The van der Waals surface area contributed by atoms with E-state index in [1.807, 2.05) is 0 Å². The Kier molecular flexibility index (Phi) is 3.91. The number of rotatable bonds is 5. The van der Waals surface area contributed by atoms with Crippen LogP contribution in [-0.4, -0.2) is 36.6 Å². The summed E-state index contributed by atoms with van der Waals surface area (Å²) in [6.07, 6.45) is 7.02. The Morgan fingerprint density at radius 2 is 1.94 bits per heavy atom. The van der Waals surface area contributed by atoms with E-state index in [4.69, 9.17) is 0 Å². The second-order valence-corrected chi connectivity index (χ2v) is 6.63. The summed E-state index contributed by atoms with van der Waals surface area (Å²) in [5.74, 6) is 0. The van der Waals surface area contributed by atoms with Crippen LogP contribution < -0.4 is 5.32 Å². The Morgan fingerprint density at radius 1 is 1.19 bits per heavy atom. The van der Waals surface area contributed by atoms with Crippen molar-refractivity contribution in [3.8, 4) is 0 Å². The molecule has 2 aliphatic rings. The van der Waals surface area contributed by atoms with Gasteiger partial charge < -0.3 is 10.2 Å². The molecule has 94 valence electrons. The van der Waals surface area contributed by atoms with Crippen molar-refractivity contribution in [3.05, 3.63) is 0 Å². The normalized spacial score (nSPS) is 28.3. The molecule has 1 heterocycles. The molecule has 2 fully saturated rings. The zero-order valence-electron chi connectivity index (χ0n) is 11.3. The highest BCUT2D eigenvalue weighted by molar-refractivity contribution is 4.86. The Hall–Kier alpha value is -0.0800. The monoisotopic (exact) mass is 224 g/mol. The molecule has 1 unspecified atom stereocenters. The summed E-state index contributed by atoms with van der Waals surface area (Å²) >= 11 is 0. The molecule has 0 spiro atoms.